The Morgan fingerprint density at radius 2 is 1.57 bits per heavy atom. The molecule has 0 atom stereocenters. The molecule has 2 aromatic carbocycles. The van der Waals surface area contributed by atoms with Gasteiger partial charge < -0.3 is 14.5 Å². The number of aliphatic hydroxyl groups excluding tert-OH is 1. The predicted molar refractivity (Wildman–Crippen MR) is 149 cm³/mol. The van der Waals surface area contributed by atoms with Gasteiger partial charge in [0, 0.05) is 49.6 Å². The van der Waals surface area contributed by atoms with E-state index in [2.05, 4.69) is 56.1 Å². The fourth-order valence-corrected chi connectivity index (χ4v) is 3.47. The summed E-state index contributed by atoms with van der Waals surface area (Å²) in [5.74, 6) is 0.104. The van der Waals surface area contributed by atoms with Gasteiger partial charge in [-0.2, -0.15) is 0 Å². The van der Waals surface area contributed by atoms with Crippen molar-refractivity contribution in [3.05, 3.63) is 78.2 Å². The molecular formula is C32H38NO3Pt-. The molecular weight excluding hydrogens is 641 g/mol. The number of rotatable bonds is 2. The number of fused-ring (bicyclic) bond motifs is 3. The summed E-state index contributed by atoms with van der Waals surface area (Å²) >= 11 is 0. The molecule has 0 aliphatic heterocycles. The second kappa shape index (κ2) is 11.4. The van der Waals surface area contributed by atoms with E-state index in [0.717, 1.165) is 33.2 Å². The molecule has 1 N–H and O–H groups in total. The summed E-state index contributed by atoms with van der Waals surface area (Å²) in [6.07, 6.45) is 3.20. The van der Waals surface area contributed by atoms with Gasteiger partial charge in [0.2, 0.25) is 0 Å². The van der Waals surface area contributed by atoms with Crippen LogP contribution in [0.1, 0.15) is 67.9 Å². The Morgan fingerprint density at radius 3 is 2.16 bits per heavy atom. The van der Waals surface area contributed by atoms with Gasteiger partial charge >= 0.3 is 0 Å². The van der Waals surface area contributed by atoms with Crippen LogP contribution in [0.15, 0.2) is 71.0 Å². The summed E-state index contributed by atoms with van der Waals surface area (Å²) in [5, 5.41) is 11.8. The second-order valence-electron chi connectivity index (χ2n) is 12.3. The second-order valence-corrected chi connectivity index (χ2v) is 12.3. The van der Waals surface area contributed by atoms with Crippen LogP contribution in [-0.2, 0) is 31.3 Å². The Bertz CT molecular complexity index is 1410. The van der Waals surface area contributed by atoms with E-state index < -0.39 is 5.41 Å². The van der Waals surface area contributed by atoms with Gasteiger partial charge in [0.05, 0.1) is 5.58 Å². The molecule has 2 heterocycles. The molecule has 0 unspecified atom stereocenters. The van der Waals surface area contributed by atoms with Crippen LogP contribution in [0, 0.1) is 16.9 Å². The summed E-state index contributed by atoms with van der Waals surface area (Å²) in [4.78, 5) is 16.0. The van der Waals surface area contributed by atoms with Crippen LogP contribution < -0.4 is 0 Å². The fraction of sp³-hybridized carbons (Fsp3) is 0.375. The zero-order valence-corrected chi connectivity index (χ0v) is 25.6. The van der Waals surface area contributed by atoms with Gasteiger partial charge in [-0.1, -0.05) is 97.5 Å². The number of aromatic nitrogens is 1. The van der Waals surface area contributed by atoms with Crippen LogP contribution in [0.25, 0.3) is 33.2 Å². The Hall–Kier alpha value is -2.71. The van der Waals surface area contributed by atoms with Crippen molar-refractivity contribution >= 4 is 27.7 Å². The number of pyridine rings is 1. The van der Waals surface area contributed by atoms with Crippen molar-refractivity contribution in [3.8, 4) is 11.3 Å². The van der Waals surface area contributed by atoms with E-state index in [9.17, 15) is 9.90 Å². The van der Waals surface area contributed by atoms with Gasteiger partial charge in [-0.25, -0.2) is 0 Å². The molecule has 0 bridgehead atoms. The molecule has 0 saturated heterocycles. The van der Waals surface area contributed by atoms with Crippen LogP contribution in [0.5, 0.6) is 0 Å². The Labute approximate surface area is 235 Å². The molecule has 0 spiro atoms. The van der Waals surface area contributed by atoms with E-state index >= 15 is 0 Å². The van der Waals surface area contributed by atoms with Crippen molar-refractivity contribution in [1.82, 2.24) is 4.98 Å². The van der Waals surface area contributed by atoms with Gasteiger partial charge in [0.1, 0.15) is 11.3 Å². The Morgan fingerprint density at radius 1 is 0.919 bits per heavy atom. The van der Waals surface area contributed by atoms with Crippen molar-refractivity contribution in [2.24, 2.45) is 10.8 Å². The third kappa shape index (κ3) is 7.42. The molecule has 0 radical (unpaired) electrons. The van der Waals surface area contributed by atoms with E-state index in [1.807, 2.05) is 72.0 Å². The molecule has 4 rings (SSSR count). The maximum absolute atomic E-state index is 11.5. The number of hydrogen-bond donors (Lipinski definition) is 1. The topological polar surface area (TPSA) is 63.3 Å². The first kappa shape index (κ1) is 30.5. The van der Waals surface area contributed by atoms with Crippen LogP contribution in [0.2, 0.25) is 0 Å². The predicted octanol–water partition coefficient (Wildman–Crippen LogP) is 8.83. The molecule has 0 aliphatic carbocycles. The van der Waals surface area contributed by atoms with Gasteiger partial charge in [-0.3, -0.25) is 4.79 Å². The molecule has 0 amide bonds. The largest absolute Gasteiger partial charge is 0.512 e. The molecule has 2 aromatic heterocycles. The van der Waals surface area contributed by atoms with Crippen LogP contribution in [-0.4, -0.2) is 15.9 Å². The van der Waals surface area contributed by atoms with E-state index in [-0.39, 0.29) is 43.4 Å². The summed E-state index contributed by atoms with van der Waals surface area (Å²) in [5.41, 5.74) is 4.15. The average Bonchev–Trinajstić information content (AvgIpc) is 3.16. The molecule has 200 valence electrons. The zero-order valence-electron chi connectivity index (χ0n) is 23.3. The minimum absolute atomic E-state index is 0. The van der Waals surface area contributed by atoms with Gasteiger partial charge in [0.15, 0.2) is 5.78 Å². The van der Waals surface area contributed by atoms with E-state index in [4.69, 9.17) is 4.42 Å². The summed E-state index contributed by atoms with van der Waals surface area (Å²) < 4.78 is 6.09. The summed E-state index contributed by atoms with van der Waals surface area (Å²) in [6.45, 7) is 17.7. The number of carbonyl (C=O) groups excluding carboxylic acids is 1. The molecule has 4 aromatic rings. The number of allylic oxidation sites excluding steroid dienone is 2. The van der Waals surface area contributed by atoms with E-state index in [1.54, 1.807) is 0 Å². The number of furan rings is 1. The molecule has 0 fully saturated rings. The number of hydrogen-bond acceptors (Lipinski definition) is 4. The fourth-order valence-electron chi connectivity index (χ4n) is 3.47. The third-order valence-electron chi connectivity index (χ3n) is 6.00. The van der Waals surface area contributed by atoms with Crippen molar-refractivity contribution < 1.29 is 35.4 Å². The Kier molecular flexibility index (Phi) is 9.36. The number of para-hydroxylation sites is 1. The zero-order chi connectivity index (χ0) is 26.9. The standard InChI is InChI=1S/C21H18NO.C11H20O2.Pt/c1-21(2,3)14-11-12-22-18(13-14)17-9-6-8-16-15-7-4-5-10-19(15)23-20(16)17;1-10(2,3)8(12)7-9(13)11(4,5)6;/h4-8,10-13H,1-3H3;7,12H,1-6H3;/q-1;;/b;8-7-;. The number of carbonyl (C=O) groups is 1. The average molecular weight is 680 g/mol. The quantitative estimate of drug-likeness (QED) is 0.131. The number of nitrogens with zero attached hydrogens (tertiary/aromatic N) is 1. The van der Waals surface area contributed by atoms with Crippen molar-refractivity contribution in [1.29, 1.82) is 0 Å². The van der Waals surface area contributed by atoms with Crippen molar-refractivity contribution in [3.63, 3.8) is 0 Å². The van der Waals surface area contributed by atoms with Crippen LogP contribution in [0.4, 0.5) is 0 Å². The number of ketones is 1. The van der Waals surface area contributed by atoms with Gasteiger partial charge in [0.25, 0.3) is 0 Å². The van der Waals surface area contributed by atoms with Crippen LogP contribution in [0.3, 0.4) is 0 Å². The molecule has 5 heteroatoms. The SMILES string of the molecule is CC(C)(C)C(=O)/C=C(\O)C(C)(C)C.CC(C)(C)c1ccnc(-c2[c-]ccc3c2oc2ccccc23)c1.[Pt]. The first-order valence-electron chi connectivity index (χ1n) is 12.3. The maximum Gasteiger partial charge on any atom is 0.164 e. The molecule has 4 nitrogen and oxygen atoms in total. The van der Waals surface area contributed by atoms with Crippen LogP contribution >= 0.6 is 0 Å². The molecule has 0 saturated carbocycles. The smallest absolute Gasteiger partial charge is 0.164 e. The monoisotopic (exact) mass is 679 g/mol. The number of benzene rings is 2. The first-order valence-corrected chi connectivity index (χ1v) is 12.3. The van der Waals surface area contributed by atoms with E-state index in [0.29, 0.717) is 0 Å². The molecule has 37 heavy (non-hydrogen) atoms. The normalized spacial score (nSPS) is 12.6. The Balaban J connectivity index is 0.000000299. The first-order chi connectivity index (χ1) is 16.6. The van der Waals surface area contributed by atoms with Gasteiger partial charge in [-0.05, 0) is 28.8 Å². The summed E-state index contributed by atoms with van der Waals surface area (Å²) in [6, 6.07) is 19.6. The maximum atomic E-state index is 11.5. The minimum atomic E-state index is -0.417. The van der Waals surface area contributed by atoms with Gasteiger partial charge in [-0.15, -0.1) is 18.2 Å². The molecule has 0 aliphatic rings. The van der Waals surface area contributed by atoms with E-state index in [1.165, 1.54) is 11.6 Å². The number of aliphatic hydroxyl groups is 1. The third-order valence-corrected chi connectivity index (χ3v) is 6.00. The minimum Gasteiger partial charge on any atom is -0.512 e. The van der Waals surface area contributed by atoms with Crippen molar-refractivity contribution in [2.45, 2.75) is 67.7 Å². The van der Waals surface area contributed by atoms with Crippen molar-refractivity contribution in [2.75, 3.05) is 0 Å². The summed E-state index contributed by atoms with van der Waals surface area (Å²) in [7, 11) is 0.